The summed E-state index contributed by atoms with van der Waals surface area (Å²) in [5.41, 5.74) is -10.0. The molecule has 2 atom stereocenters. The second-order valence-corrected chi connectivity index (χ2v) is 7.08. The monoisotopic (exact) mass is 422 g/mol. The molecule has 0 aliphatic rings. The third-order valence-electron chi connectivity index (χ3n) is 2.42. The Labute approximate surface area is 127 Å². The zero-order chi connectivity index (χ0) is 20.2. The van der Waals surface area contributed by atoms with Gasteiger partial charge in [0.05, 0.1) is 0 Å². The Balaban J connectivity index is 6.37. The van der Waals surface area contributed by atoms with E-state index in [1.54, 1.807) is 0 Å². The van der Waals surface area contributed by atoms with Crippen molar-refractivity contribution in [3.8, 4) is 0 Å². The van der Waals surface area contributed by atoms with Gasteiger partial charge in [0.1, 0.15) is 0 Å². The minimum Gasteiger partial charge on any atom is -0.370 e. The number of aliphatic hydroxyl groups excluding tert-OH is 2. The van der Waals surface area contributed by atoms with Crippen molar-refractivity contribution in [2.75, 3.05) is 0 Å². The average Bonchev–Trinajstić information content (AvgIpc) is 2.33. The third-order valence-corrected chi connectivity index (χ3v) is 4.14. The first-order valence-electron chi connectivity index (χ1n) is 4.86. The number of hydrogen-bond donors (Lipinski definition) is 4. The van der Waals surface area contributed by atoms with Crippen LogP contribution < -0.4 is 0 Å². The van der Waals surface area contributed by atoms with Crippen LogP contribution in [0.25, 0.3) is 0 Å². The fraction of sp³-hybridized carbons (Fsp3) is 1.00. The van der Waals surface area contributed by atoms with E-state index in [0.717, 1.165) is 0 Å². The second kappa shape index (κ2) is 5.87. The van der Waals surface area contributed by atoms with E-state index in [4.69, 9.17) is 19.3 Å². The summed E-state index contributed by atoms with van der Waals surface area (Å²) in [6, 6.07) is 0. The van der Waals surface area contributed by atoms with Crippen LogP contribution in [-0.2, 0) is 20.2 Å². The SMILES string of the molecule is O=S(=O)(O)[C@H](O)C(F)(F)C(F)(F)C(F)(F)C(F)(F)[C@@H](O)S(=O)(=O)O. The number of halogens is 8. The maximum atomic E-state index is 13.1. The van der Waals surface area contributed by atoms with Crippen molar-refractivity contribution in [2.24, 2.45) is 0 Å². The van der Waals surface area contributed by atoms with Crippen molar-refractivity contribution in [1.82, 2.24) is 0 Å². The van der Waals surface area contributed by atoms with Gasteiger partial charge in [-0.25, -0.2) is 0 Å². The number of hydrogen-bond acceptors (Lipinski definition) is 6. The van der Waals surface area contributed by atoms with E-state index in [0.29, 0.717) is 0 Å². The van der Waals surface area contributed by atoms with Gasteiger partial charge in [-0.15, -0.1) is 0 Å². The van der Waals surface area contributed by atoms with Gasteiger partial charge < -0.3 is 10.2 Å². The lowest BCUT2D eigenvalue weighted by Gasteiger charge is -2.38. The molecule has 0 unspecified atom stereocenters. The van der Waals surface area contributed by atoms with Gasteiger partial charge in [-0.2, -0.15) is 52.0 Å². The van der Waals surface area contributed by atoms with E-state index < -0.39 is 54.8 Å². The summed E-state index contributed by atoms with van der Waals surface area (Å²) in [6.07, 6.45) is 0. The molecule has 0 spiro atoms. The topological polar surface area (TPSA) is 149 Å². The molecule has 0 saturated carbocycles. The van der Waals surface area contributed by atoms with Crippen molar-refractivity contribution in [3.05, 3.63) is 0 Å². The normalized spacial score (nSPS) is 18.3. The molecular weight excluding hydrogens is 416 g/mol. The molecule has 24 heavy (non-hydrogen) atoms. The van der Waals surface area contributed by atoms with Crippen molar-refractivity contribution >= 4 is 20.2 Å². The van der Waals surface area contributed by atoms with Crippen LogP contribution in [0.4, 0.5) is 35.1 Å². The Hall–Kier alpha value is -0.820. The van der Waals surface area contributed by atoms with Crippen LogP contribution in [-0.4, -0.2) is 70.7 Å². The van der Waals surface area contributed by atoms with E-state index in [1.165, 1.54) is 0 Å². The minimum atomic E-state index is -7.54. The highest BCUT2D eigenvalue weighted by Gasteiger charge is 2.85. The molecule has 0 radical (unpaired) electrons. The van der Waals surface area contributed by atoms with E-state index in [1.807, 2.05) is 0 Å². The largest absolute Gasteiger partial charge is 0.382 e. The molecule has 0 aliphatic heterocycles. The summed E-state index contributed by atoms with van der Waals surface area (Å²) in [6.45, 7) is 0. The molecular formula is C6H6F8O8S2. The maximum absolute atomic E-state index is 13.1. The highest BCUT2D eigenvalue weighted by molar-refractivity contribution is 7.86. The van der Waals surface area contributed by atoms with Crippen molar-refractivity contribution in [3.63, 3.8) is 0 Å². The Morgan fingerprint density at radius 2 is 0.750 bits per heavy atom. The molecule has 0 aromatic rings. The first-order valence-corrected chi connectivity index (χ1v) is 7.87. The number of aliphatic hydroxyl groups is 2. The number of alkyl halides is 8. The fourth-order valence-corrected chi connectivity index (χ4v) is 2.15. The van der Waals surface area contributed by atoms with Crippen LogP contribution in [0.2, 0.25) is 0 Å². The summed E-state index contributed by atoms with van der Waals surface area (Å²) in [4.78, 5) is 0. The molecule has 0 amide bonds. The van der Waals surface area contributed by atoms with E-state index >= 15 is 0 Å². The van der Waals surface area contributed by atoms with Gasteiger partial charge in [0, 0.05) is 0 Å². The first kappa shape index (κ1) is 23.2. The van der Waals surface area contributed by atoms with Gasteiger partial charge in [0.2, 0.25) is 0 Å². The zero-order valence-electron chi connectivity index (χ0n) is 10.4. The molecule has 0 saturated heterocycles. The molecule has 0 rings (SSSR count). The van der Waals surface area contributed by atoms with E-state index in [2.05, 4.69) is 0 Å². The Morgan fingerprint density at radius 1 is 0.583 bits per heavy atom. The maximum Gasteiger partial charge on any atom is 0.382 e. The summed E-state index contributed by atoms with van der Waals surface area (Å²) in [5, 5.41) is 16.6. The summed E-state index contributed by atoms with van der Waals surface area (Å²) in [5.74, 6) is -29.1. The van der Waals surface area contributed by atoms with Crippen LogP contribution in [0.3, 0.4) is 0 Å². The minimum absolute atomic E-state index is 5.02. The Morgan fingerprint density at radius 3 is 0.875 bits per heavy atom. The van der Waals surface area contributed by atoms with Crippen LogP contribution in [0, 0.1) is 0 Å². The first-order chi connectivity index (χ1) is 10.1. The molecule has 0 aliphatic carbocycles. The molecule has 18 heteroatoms. The smallest absolute Gasteiger partial charge is 0.370 e. The molecule has 8 nitrogen and oxygen atoms in total. The van der Waals surface area contributed by atoms with Gasteiger partial charge in [-0.05, 0) is 0 Å². The Bertz CT molecular complexity index is 625. The van der Waals surface area contributed by atoms with Gasteiger partial charge in [-0.1, -0.05) is 0 Å². The van der Waals surface area contributed by atoms with Gasteiger partial charge >= 0.3 is 23.7 Å². The van der Waals surface area contributed by atoms with Crippen molar-refractivity contribution < 1.29 is 71.3 Å². The van der Waals surface area contributed by atoms with E-state index in [-0.39, 0.29) is 0 Å². The highest BCUT2D eigenvalue weighted by atomic mass is 32.2. The lowest BCUT2D eigenvalue weighted by Crippen LogP contribution is -2.69. The summed E-state index contributed by atoms with van der Waals surface area (Å²) in [7, 11) is -13.2. The van der Waals surface area contributed by atoms with Gasteiger partial charge in [0.15, 0.2) is 0 Å². The molecule has 0 fully saturated rings. The van der Waals surface area contributed by atoms with Crippen LogP contribution >= 0.6 is 0 Å². The quantitative estimate of drug-likeness (QED) is 0.329. The lowest BCUT2D eigenvalue weighted by molar-refractivity contribution is -0.380. The summed E-state index contributed by atoms with van der Waals surface area (Å²) < 4.78 is 161. The van der Waals surface area contributed by atoms with Crippen molar-refractivity contribution in [1.29, 1.82) is 0 Å². The molecule has 0 bridgehead atoms. The van der Waals surface area contributed by atoms with Crippen molar-refractivity contribution in [2.45, 2.75) is 34.6 Å². The van der Waals surface area contributed by atoms with Gasteiger partial charge in [0.25, 0.3) is 31.1 Å². The fourth-order valence-electron chi connectivity index (χ4n) is 1.10. The van der Waals surface area contributed by atoms with E-state index in [9.17, 15) is 52.0 Å². The number of rotatable bonds is 7. The van der Waals surface area contributed by atoms with Gasteiger partial charge in [-0.3, -0.25) is 9.11 Å². The second-order valence-electron chi connectivity index (χ2n) is 4.13. The van der Waals surface area contributed by atoms with Crippen LogP contribution in [0.15, 0.2) is 0 Å². The summed E-state index contributed by atoms with van der Waals surface area (Å²) >= 11 is 0. The molecule has 146 valence electrons. The van der Waals surface area contributed by atoms with Crippen LogP contribution in [0.1, 0.15) is 0 Å². The third kappa shape index (κ3) is 3.43. The Kier molecular flexibility index (Phi) is 5.67. The predicted octanol–water partition coefficient (Wildman–Crippen LogP) is -0.0600. The lowest BCUT2D eigenvalue weighted by atomic mass is 9.99. The highest BCUT2D eigenvalue weighted by Crippen LogP contribution is 2.55. The molecule has 0 heterocycles. The predicted molar refractivity (Wildman–Crippen MR) is 54.9 cm³/mol. The zero-order valence-corrected chi connectivity index (χ0v) is 12.0. The molecule has 0 aromatic carbocycles. The standard InChI is InChI=1S/C6H6F8O8S2/c7-3(8,1(15)23(17,18)19)5(11,12)6(13,14)4(9,10)2(16)24(20,21)22/h1-2,15-16H,(H,17,18,19)(H,20,21,22)/t1-,2-/m0/s1. The average molecular weight is 422 g/mol. The van der Waals surface area contributed by atoms with Crippen LogP contribution in [0.5, 0.6) is 0 Å². The molecule has 4 N–H and O–H groups in total. The molecule has 0 aromatic heterocycles.